The normalized spacial score (nSPS) is 10.7. The van der Waals surface area contributed by atoms with Gasteiger partial charge in [0.15, 0.2) is 0 Å². The van der Waals surface area contributed by atoms with Gasteiger partial charge in [0.1, 0.15) is 0 Å². The zero-order chi connectivity index (χ0) is 13.9. The third-order valence-corrected chi connectivity index (χ3v) is 2.68. The molecule has 7 nitrogen and oxygen atoms in total. The predicted octanol–water partition coefficient (Wildman–Crippen LogP) is 1.36. The maximum Gasteiger partial charge on any atom is 0.258 e. The van der Waals surface area contributed by atoms with Gasteiger partial charge in [0.2, 0.25) is 11.6 Å². The van der Waals surface area contributed by atoms with E-state index in [0.29, 0.717) is 24.1 Å². The minimum Gasteiger partial charge on any atom is -0.333 e. The molecule has 0 fully saturated rings. The third kappa shape index (κ3) is 2.39. The zero-order valence-corrected chi connectivity index (χ0v) is 10.8. The highest BCUT2D eigenvalue weighted by molar-refractivity contribution is 5.55. The smallest absolute Gasteiger partial charge is 0.258 e. The Balaban J connectivity index is 1.95. The summed E-state index contributed by atoms with van der Waals surface area (Å²) in [6.07, 6.45) is 5.07. The first-order valence-corrected chi connectivity index (χ1v) is 6.04. The average Bonchev–Trinajstić information content (AvgIpc) is 2.98. The number of rotatable bonds is 3. The van der Waals surface area contributed by atoms with Crippen molar-refractivity contribution in [3.05, 3.63) is 42.0 Å². The van der Waals surface area contributed by atoms with E-state index in [-0.39, 0.29) is 0 Å². The highest BCUT2D eigenvalue weighted by Crippen LogP contribution is 2.20. The molecule has 3 rings (SSSR count). The van der Waals surface area contributed by atoms with Gasteiger partial charge in [-0.05, 0) is 24.6 Å². The third-order valence-electron chi connectivity index (χ3n) is 2.68. The van der Waals surface area contributed by atoms with E-state index < -0.39 is 0 Å². The van der Waals surface area contributed by atoms with Gasteiger partial charge in [-0.15, -0.1) is 0 Å². The lowest BCUT2D eigenvalue weighted by Crippen LogP contribution is -1.99. The van der Waals surface area contributed by atoms with Crippen LogP contribution in [0.4, 0.5) is 0 Å². The summed E-state index contributed by atoms with van der Waals surface area (Å²) in [6, 6.07) is 3.60. The maximum absolute atomic E-state index is 5.56. The van der Waals surface area contributed by atoms with Gasteiger partial charge in [0.25, 0.3) is 5.89 Å². The van der Waals surface area contributed by atoms with Crippen molar-refractivity contribution in [3.63, 3.8) is 0 Å². The number of pyridine rings is 1. The Kier molecular flexibility index (Phi) is 3.18. The Bertz CT molecular complexity index is 722. The number of nitrogens with two attached hydrogens (primary N) is 1. The molecule has 0 radical (unpaired) electrons. The fraction of sp³-hybridized carbons (Fsp3) is 0.154. The molecule has 0 bridgehead atoms. The molecule has 0 aromatic carbocycles. The van der Waals surface area contributed by atoms with E-state index in [1.807, 2.05) is 13.0 Å². The molecule has 0 aliphatic carbocycles. The van der Waals surface area contributed by atoms with E-state index in [0.717, 1.165) is 16.8 Å². The number of nitrogens with zero attached hydrogens (tertiary/aromatic N) is 5. The van der Waals surface area contributed by atoms with Gasteiger partial charge in [-0.2, -0.15) is 4.98 Å². The Morgan fingerprint density at radius 3 is 2.70 bits per heavy atom. The van der Waals surface area contributed by atoms with E-state index in [2.05, 4.69) is 25.1 Å². The molecule has 0 saturated heterocycles. The first kappa shape index (κ1) is 12.4. The molecular formula is C13H12N6O. The fourth-order valence-corrected chi connectivity index (χ4v) is 1.66. The van der Waals surface area contributed by atoms with Crippen LogP contribution < -0.4 is 5.73 Å². The predicted molar refractivity (Wildman–Crippen MR) is 71.2 cm³/mol. The lowest BCUT2D eigenvalue weighted by molar-refractivity contribution is 0.431. The van der Waals surface area contributed by atoms with Gasteiger partial charge in [0, 0.05) is 30.7 Å². The standard InChI is InChI=1S/C13H12N6O/c1-8-6-16-11(17-7-8)12-18-13(20-19-12)9-2-3-15-10(4-9)5-14/h2-4,6-7H,5,14H2,1H3. The van der Waals surface area contributed by atoms with Crippen LogP contribution >= 0.6 is 0 Å². The van der Waals surface area contributed by atoms with Crippen LogP contribution in [-0.4, -0.2) is 25.1 Å². The second-order valence-corrected chi connectivity index (χ2v) is 4.25. The van der Waals surface area contributed by atoms with Crippen LogP contribution in [0.2, 0.25) is 0 Å². The van der Waals surface area contributed by atoms with Gasteiger partial charge < -0.3 is 10.3 Å². The van der Waals surface area contributed by atoms with Gasteiger partial charge in [-0.3, -0.25) is 4.98 Å². The molecule has 3 aromatic heterocycles. The van der Waals surface area contributed by atoms with Crippen molar-refractivity contribution < 1.29 is 4.52 Å². The van der Waals surface area contributed by atoms with Gasteiger partial charge in [-0.1, -0.05) is 5.16 Å². The molecule has 20 heavy (non-hydrogen) atoms. The van der Waals surface area contributed by atoms with E-state index in [1.165, 1.54) is 0 Å². The second kappa shape index (κ2) is 5.14. The van der Waals surface area contributed by atoms with Gasteiger partial charge >= 0.3 is 0 Å². The van der Waals surface area contributed by atoms with Crippen LogP contribution in [0.1, 0.15) is 11.3 Å². The molecule has 0 aliphatic rings. The van der Waals surface area contributed by atoms with Crippen LogP contribution in [0, 0.1) is 6.92 Å². The Morgan fingerprint density at radius 1 is 1.15 bits per heavy atom. The molecule has 3 heterocycles. The fourth-order valence-electron chi connectivity index (χ4n) is 1.66. The average molecular weight is 268 g/mol. The van der Waals surface area contributed by atoms with Crippen LogP contribution in [0.5, 0.6) is 0 Å². The molecule has 3 aromatic rings. The first-order valence-electron chi connectivity index (χ1n) is 6.04. The first-order chi connectivity index (χ1) is 9.76. The van der Waals surface area contributed by atoms with E-state index in [4.69, 9.17) is 10.3 Å². The lowest BCUT2D eigenvalue weighted by atomic mass is 10.2. The molecule has 0 atom stereocenters. The van der Waals surface area contributed by atoms with Crippen LogP contribution in [-0.2, 0) is 6.54 Å². The van der Waals surface area contributed by atoms with Crippen LogP contribution in [0.15, 0.2) is 35.2 Å². The second-order valence-electron chi connectivity index (χ2n) is 4.25. The summed E-state index contributed by atoms with van der Waals surface area (Å²) >= 11 is 0. The minimum absolute atomic E-state index is 0.353. The van der Waals surface area contributed by atoms with E-state index >= 15 is 0 Å². The largest absolute Gasteiger partial charge is 0.333 e. The number of hydrogen-bond donors (Lipinski definition) is 1. The SMILES string of the molecule is Cc1cnc(-c2noc(-c3ccnc(CN)c3)n2)nc1. The lowest BCUT2D eigenvalue weighted by Gasteiger charge is -1.97. The molecule has 2 N–H and O–H groups in total. The maximum atomic E-state index is 5.56. The molecular weight excluding hydrogens is 256 g/mol. The molecule has 100 valence electrons. The topological polar surface area (TPSA) is 104 Å². The molecule has 0 unspecified atom stereocenters. The zero-order valence-electron chi connectivity index (χ0n) is 10.8. The van der Waals surface area contributed by atoms with Crippen molar-refractivity contribution in [3.8, 4) is 23.1 Å². The van der Waals surface area contributed by atoms with Gasteiger partial charge in [0.05, 0.1) is 5.69 Å². The van der Waals surface area contributed by atoms with E-state index in [9.17, 15) is 0 Å². The van der Waals surface area contributed by atoms with Crippen molar-refractivity contribution in [2.24, 2.45) is 5.73 Å². The van der Waals surface area contributed by atoms with Crippen LogP contribution in [0.25, 0.3) is 23.1 Å². The monoisotopic (exact) mass is 268 g/mol. The highest BCUT2D eigenvalue weighted by Gasteiger charge is 2.12. The highest BCUT2D eigenvalue weighted by atomic mass is 16.5. The summed E-state index contributed by atoms with van der Waals surface area (Å²) in [7, 11) is 0. The van der Waals surface area contributed by atoms with Crippen LogP contribution in [0.3, 0.4) is 0 Å². The summed E-state index contributed by atoms with van der Waals surface area (Å²) in [5.41, 5.74) is 8.06. The summed E-state index contributed by atoms with van der Waals surface area (Å²) < 4.78 is 5.23. The van der Waals surface area contributed by atoms with Crippen molar-refractivity contribution in [1.29, 1.82) is 0 Å². The summed E-state index contributed by atoms with van der Waals surface area (Å²) in [4.78, 5) is 16.7. The summed E-state index contributed by atoms with van der Waals surface area (Å²) in [5, 5.41) is 3.89. The van der Waals surface area contributed by atoms with Crippen molar-refractivity contribution in [2.45, 2.75) is 13.5 Å². The van der Waals surface area contributed by atoms with Crippen molar-refractivity contribution >= 4 is 0 Å². The van der Waals surface area contributed by atoms with Gasteiger partial charge in [-0.25, -0.2) is 9.97 Å². The molecule has 0 saturated carbocycles. The summed E-state index contributed by atoms with van der Waals surface area (Å²) in [6.45, 7) is 2.27. The molecule has 0 aliphatic heterocycles. The Morgan fingerprint density at radius 2 is 1.95 bits per heavy atom. The Hall–Kier alpha value is -2.67. The number of hydrogen-bond acceptors (Lipinski definition) is 7. The molecule has 7 heteroatoms. The van der Waals surface area contributed by atoms with E-state index in [1.54, 1.807) is 24.7 Å². The minimum atomic E-state index is 0.353. The Labute approximate surface area is 114 Å². The van der Waals surface area contributed by atoms with Crippen molar-refractivity contribution in [2.75, 3.05) is 0 Å². The summed E-state index contributed by atoms with van der Waals surface area (Å²) in [5.74, 6) is 1.17. The molecule has 0 spiro atoms. The van der Waals surface area contributed by atoms with Crippen molar-refractivity contribution in [1.82, 2.24) is 25.1 Å². The molecule has 0 amide bonds. The number of aromatic nitrogens is 5. The number of aryl methyl sites for hydroxylation is 1. The quantitative estimate of drug-likeness (QED) is 0.764.